The van der Waals surface area contributed by atoms with Gasteiger partial charge in [0.15, 0.2) is 0 Å². The molecule has 4 nitrogen and oxygen atoms in total. The smallest absolute Gasteiger partial charge is 0.325 e. The average Bonchev–Trinajstić information content (AvgIpc) is 2.38. The molecule has 0 radical (unpaired) electrons. The molecule has 0 aliphatic carbocycles. The lowest BCUT2D eigenvalue weighted by Crippen LogP contribution is -2.28. The van der Waals surface area contributed by atoms with Crippen LogP contribution in [0.4, 0.5) is 4.39 Å². The Morgan fingerprint density at radius 3 is 2.50 bits per heavy atom. The molecule has 3 N–H and O–H groups in total. The molecule has 104 valence electrons. The van der Waals surface area contributed by atoms with Gasteiger partial charge < -0.3 is 10.2 Å². The molecule has 2 aromatic carbocycles. The van der Waals surface area contributed by atoms with E-state index in [2.05, 4.69) is 5.32 Å². The van der Waals surface area contributed by atoms with Crippen molar-refractivity contribution in [1.82, 2.24) is 5.32 Å². The Morgan fingerprint density at radius 1 is 1.20 bits per heavy atom. The summed E-state index contributed by atoms with van der Waals surface area (Å²) in [5, 5.41) is 21.4. The number of carbonyl (C=O) groups is 1. The predicted octanol–water partition coefficient (Wildman–Crippen LogP) is 2.45. The topological polar surface area (TPSA) is 69.6 Å². The van der Waals surface area contributed by atoms with Crippen molar-refractivity contribution in [3.63, 3.8) is 0 Å². The molecule has 2 rings (SSSR count). The van der Waals surface area contributed by atoms with E-state index in [0.29, 0.717) is 6.54 Å². The van der Waals surface area contributed by atoms with Crippen molar-refractivity contribution in [2.45, 2.75) is 12.6 Å². The maximum absolute atomic E-state index is 13.2. The number of phenols is 1. The van der Waals surface area contributed by atoms with Crippen molar-refractivity contribution in [1.29, 1.82) is 0 Å². The Balaban J connectivity index is 2.17. The Bertz CT molecular complexity index is 581. The Hall–Kier alpha value is -2.40. The molecule has 20 heavy (non-hydrogen) atoms. The van der Waals surface area contributed by atoms with Crippen LogP contribution >= 0.6 is 0 Å². The summed E-state index contributed by atoms with van der Waals surface area (Å²) < 4.78 is 13.2. The number of nitrogens with one attached hydrogen (secondary N) is 1. The lowest BCUT2D eigenvalue weighted by Gasteiger charge is -2.15. The summed E-state index contributed by atoms with van der Waals surface area (Å²) in [6.45, 7) is 0.328. The predicted molar refractivity (Wildman–Crippen MR) is 71.7 cm³/mol. The minimum atomic E-state index is -1.13. The second-order valence-corrected chi connectivity index (χ2v) is 4.38. The molecule has 0 aliphatic rings. The fourth-order valence-electron chi connectivity index (χ4n) is 1.93. The second-order valence-electron chi connectivity index (χ2n) is 4.38. The number of carboxylic acids is 1. The van der Waals surface area contributed by atoms with Crippen molar-refractivity contribution >= 4 is 5.97 Å². The number of rotatable bonds is 5. The molecule has 0 fully saturated rings. The van der Waals surface area contributed by atoms with E-state index in [1.807, 2.05) is 30.3 Å². The van der Waals surface area contributed by atoms with Gasteiger partial charge in [0.05, 0.1) is 0 Å². The molecule has 0 aliphatic heterocycles. The highest BCUT2D eigenvalue weighted by Gasteiger charge is 2.20. The van der Waals surface area contributed by atoms with Crippen LogP contribution in [-0.4, -0.2) is 16.2 Å². The number of carboxylic acid groups (broad SMARTS) is 1. The maximum atomic E-state index is 13.2. The number of aromatic hydroxyl groups is 1. The summed E-state index contributed by atoms with van der Waals surface area (Å²) in [4.78, 5) is 11.3. The Labute approximate surface area is 115 Å². The molecular formula is C15H14FNO3. The number of halogens is 1. The highest BCUT2D eigenvalue weighted by atomic mass is 19.1. The van der Waals surface area contributed by atoms with E-state index in [1.165, 1.54) is 6.07 Å². The van der Waals surface area contributed by atoms with Crippen LogP contribution in [-0.2, 0) is 11.3 Å². The summed E-state index contributed by atoms with van der Waals surface area (Å²) in [7, 11) is 0. The Morgan fingerprint density at radius 2 is 1.90 bits per heavy atom. The fraction of sp³-hybridized carbons (Fsp3) is 0.133. The average molecular weight is 275 g/mol. The molecule has 1 atom stereocenters. The fourth-order valence-corrected chi connectivity index (χ4v) is 1.93. The number of hydrogen-bond donors (Lipinski definition) is 3. The summed E-state index contributed by atoms with van der Waals surface area (Å²) in [5.74, 6) is -2.11. The Kier molecular flexibility index (Phi) is 4.32. The SMILES string of the molecule is O=C(O)C(NCc1ccccc1)c1cc(O)cc(F)c1. The number of hydrogen-bond acceptors (Lipinski definition) is 3. The third-order valence-electron chi connectivity index (χ3n) is 2.84. The molecule has 0 spiro atoms. The van der Waals surface area contributed by atoms with E-state index in [4.69, 9.17) is 0 Å². The summed E-state index contributed by atoms with van der Waals surface area (Å²) >= 11 is 0. The van der Waals surface area contributed by atoms with Gasteiger partial charge in [0.2, 0.25) is 0 Å². The van der Waals surface area contributed by atoms with Crippen molar-refractivity contribution in [3.8, 4) is 5.75 Å². The zero-order chi connectivity index (χ0) is 14.5. The van der Waals surface area contributed by atoms with Crippen LogP contribution in [0, 0.1) is 5.82 Å². The van der Waals surface area contributed by atoms with Gasteiger partial charge in [0, 0.05) is 12.6 Å². The molecule has 0 bridgehead atoms. The van der Waals surface area contributed by atoms with Gasteiger partial charge in [-0.3, -0.25) is 10.1 Å². The molecule has 5 heteroatoms. The molecule has 2 aromatic rings. The van der Waals surface area contributed by atoms with E-state index in [0.717, 1.165) is 17.7 Å². The van der Waals surface area contributed by atoms with E-state index in [1.54, 1.807) is 0 Å². The highest BCUT2D eigenvalue weighted by Crippen LogP contribution is 2.21. The van der Waals surface area contributed by atoms with Crippen LogP contribution in [0.3, 0.4) is 0 Å². The molecule has 0 heterocycles. The van der Waals surface area contributed by atoms with Gasteiger partial charge in [-0.25, -0.2) is 4.39 Å². The van der Waals surface area contributed by atoms with E-state index < -0.39 is 17.8 Å². The third kappa shape index (κ3) is 3.55. The van der Waals surface area contributed by atoms with Crippen LogP contribution in [0.2, 0.25) is 0 Å². The lowest BCUT2D eigenvalue weighted by molar-refractivity contribution is -0.139. The van der Waals surface area contributed by atoms with Gasteiger partial charge in [0.1, 0.15) is 17.6 Å². The van der Waals surface area contributed by atoms with Gasteiger partial charge in [-0.2, -0.15) is 0 Å². The van der Waals surface area contributed by atoms with Gasteiger partial charge in [-0.15, -0.1) is 0 Å². The van der Waals surface area contributed by atoms with E-state index in [-0.39, 0.29) is 11.3 Å². The number of benzene rings is 2. The van der Waals surface area contributed by atoms with Crippen LogP contribution in [0.15, 0.2) is 48.5 Å². The summed E-state index contributed by atoms with van der Waals surface area (Å²) in [6, 6.07) is 11.4. The quantitative estimate of drug-likeness (QED) is 0.784. The molecule has 0 saturated heterocycles. The van der Waals surface area contributed by atoms with Crippen molar-refractivity contribution in [3.05, 3.63) is 65.5 Å². The first-order chi connectivity index (χ1) is 9.56. The summed E-state index contributed by atoms with van der Waals surface area (Å²) in [6.07, 6.45) is 0. The van der Waals surface area contributed by atoms with E-state index in [9.17, 15) is 19.4 Å². The minimum Gasteiger partial charge on any atom is -0.508 e. The standard InChI is InChI=1S/C15H14FNO3/c16-12-6-11(7-13(18)8-12)14(15(19)20)17-9-10-4-2-1-3-5-10/h1-8,14,17-18H,9H2,(H,19,20). The third-order valence-corrected chi connectivity index (χ3v) is 2.84. The van der Waals surface area contributed by atoms with Gasteiger partial charge >= 0.3 is 5.97 Å². The van der Waals surface area contributed by atoms with Crippen LogP contribution in [0.5, 0.6) is 5.75 Å². The monoisotopic (exact) mass is 275 g/mol. The van der Waals surface area contributed by atoms with Crippen molar-refractivity contribution < 1.29 is 19.4 Å². The molecule has 1 unspecified atom stereocenters. The zero-order valence-electron chi connectivity index (χ0n) is 10.6. The summed E-state index contributed by atoms with van der Waals surface area (Å²) in [5.41, 5.74) is 1.09. The first kappa shape index (κ1) is 14.0. The molecule has 0 amide bonds. The molecule has 0 saturated carbocycles. The zero-order valence-corrected chi connectivity index (χ0v) is 10.6. The first-order valence-electron chi connectivity index (χ1n) is 6.06. The second kappa shape index (κ2) is 6.16. The molecular weight excluding hydrogens is 261 g/mol. The largest absolute Gasteiger partial charge is 0.508 e. The van der Waals surface area contributed by atoms with Crippen LogP contribution in [0.25, 0.3) is 0 Å². The maximum Gasteiger partial charge on any atom is 0.325 e. The molecule has 0 aromatic heterocycles. The van der Waals surface area contributed by atoms with Crippen LogP contribution < -0.4 is 5.32 Å². The first-order valence-corrected chi connectivity index (χ1v) is 6.06. The van der Waals surface area contributed by atoms with Gasteiger partial charge in [-0.1, -0.05) is 30.3 Å². The van der Waals surface area contributed by atoms with Gasteiger partial charge in [-0.05, 0) is 23.3 Å². The van der Waals surface area contributed by atoms with Crippen LogP contribution in [0.1, 0.15) is 17.2 Å². The number of aliphatic carboxylic acids is 1. The van der Waals surface area contributed by atoms with Crippen molar-refractivity contribution in [2.24, 2.45) is 0 Å². The normalized spacial score (nSPS) is 12.1. The van der Waals surface area contributed by atoms with E-state index >= 15 is 0 Å². The highest BCUT2D eigenvalue weighted by molar-refractivity contribution is 5.75. The minimum absolute atomic E-state index is 0.172. The lowest BCUT2D eigenvalue weighted by atomic mass is 10.1. The van der Waals surface area contributed by atoms with Crippen molar-refractivity contribution in [2.75, 3.05) is 0 Å². The number of phenolic OH excluding ortho intramolecular Hbond substituents is 1. The van der Waals surface area contributed by atoms with Gasteiger partial charge in [0.25, 0.3) is 0 Å².